The van der Waals surface area contributed by atoms with E-state index in [1.165, 1.54) is 0 Å². The maximum atomic E-state index is 12.2. The highest BCUT2D eigenvalue weighted by molar-refractivity contribution is 5.92. The molecule has 26 heavy (non-hydrogen) atoms. The SMILES string of the molecule is CC(C)(C)OC(=O)N1CCC(NC(=O)Nc2ccc3cc[nH]c3c2)CC1. The lowest BCUT2D eigenvalue weighted by molar-refractivity contribution is 0.0202. The second-order valence-corrected chi connectivity index (χ2v) is 7.62. The number of fused-ring (bicyclic) bond motifs is 1. The van der Waals surface area contributed by atoms with Gasteiger partial charge in [0.25, 0.3) is 0 Å². The van der Waals surface area contributed by atoms with E-state index in [0.717, 1.165) is 16.6 Å². The highest BCUT2D eigenvalue weighted by Crippen LogP contribution is 2.18. The fourth-order valence-corrected chi connectivity index (χ4v) is 3.01. The van der Waals surface area contributed by atoms with Crippen molar-refractivity contribution in [2.45, 2.75) is 45.3 Å². The Kier molecular flexibility index (Phi) is 5.06. The Labute approximate surface area is 153 Å². The van der Waals surface area contributed by atoms with E-state index in [4.69, 9.17) is 4.74 Å². The van der Waals surface area contributed by atoms with Crippen LogP contribution in [0.2, 0.25) is 0 Å². The lowest BCUT2D eigenvalue weighted by atomic mass is 10.1. The quantitative estimate of drug-likeness (QED) is 0.765. The molecule has 0 atom stereocenters. The van der Waals surface area contributed by atoms with Gasteiger partial charge < -0.3 is 25.3 Å². The molecule has 1 aliphatic rings. The van der Waals surface area contributed by atoms with Crippen LogP contribution in [0.15, 0.2) is 30.5 Å². The van der Waals surface area contributed by atoms with Crippen molar-refractivity contribution in [1.29, 1.82) is 0 Å². The van der Waals surface area contributed by atoms with Crippen LogP contribution in [-0.2, 0) is 4.74 Å². The van der Waals surface area contributed by atoms with Crippen molar-refractivity contribution in [2.75, 3.05) is 18.4 Å². The number of likely N-dealkylation sites (tertiary alicyclic amines) is 1. The number of hydrogen-bond acceptors (Lipinski definition) is 3. The van der Waals surface area contributed by atoms with Crippen molar-refractivity contribution in [3.8, 4) is 0 Å². The molecule has 0 radical (unpaired) electrons. The minimum Gasteiger partial charge on any atom is -0.444 e. The van der Waals surface area contributed by atoms with Crippen molar-refractivity contribution in [1.82, 2.24) is 15.2 Å². The van der Waals surface area contributed by atoms with Crippen molar-refractivity contribution >= 4 is 28.7 Å². The third-order valence-electron chi connectivity index (χ3n) is 4.29. The van der Waals surface area contributed by atoms with Crippen LogP contribution < -0.4 is 10.6 Å². The highest BCUT2D eigenvalue weighted by atomic mass is 16.6. The summed E-state index contributed by atoms with van der Waals surface area (Å²) >= 11 is 0. The van der Waals surface area contributed by atoms with Gasteiger partial charge in [0.2, 0.25) is 0 Å². The van der Waals surface area contributed by atoms with Crippen molar-refractivity contribution in [2.24, 2.45) is 0 Å². The number of benzene rings is 1. The van der Waals surface area contributed by atoms with E-state index in [1.807, 2.05) is 51.2 Å². The summed E-state index contributed by atoms with van der Waals surface area (Å²) in [5.74, 6) is 0. The van der Waals surface area contributed by atoms with Crippen molar-refractivity contribution in [3.05, 3.63) is 30.5 Å². The number of amides is 3. The first-order valence-electron chi connectivity index (χ1n) is 8.93. The number of hydrogen-bond donors (Lipinski definition) is 3. The second-order valence-electron chi connectivity index (χ2n) is 7.62. The number of nitrogens with zero attached hydrogens (tertiary/aromatic N) is 1. The Hall–Kier alpha value is -2.70. The number of carbonyl (C=O) groups is 2. The largest absolute Gasteiger partial charge is 0.444 e. The Bertz CT molecular complexity index is 785. The number of H-pyrrole nitrogens is 1. The average molecular weight is 358 g/mol. The van der Waals surface area contributed by atoms with Crippen LogP contribution in [0, 0.1) is 0 Å². The number of nitrogens with one attached hydrogen (secondary N) is 3. The summed E-state index contributed by atoms with van der Waals surface area (Å²) in [5.41, 5.74) is 1.23. The first-order valence-corrected chi connectivity index (χ1v) is 8.93. The molecule has 1 aromatic heterocycles. The van der Waals surface area contributed by atoms with Crippen LogP contribution >= 0.6 is 0 Å². The summed E-state index contributed by atoms with van der Waals surface area (Å²) in [5, 5.41) is 6.94. The lowest BCUT2D eigenvalue weighted by Gasteiger charge is -2.33. The van der Waals surface area contributed by atoms with E-state index in [-0.39, 0.29) is 18.2 Å². The van der Waals surface area contributed by atoms with Crippen LogP contribution in [0.4, 0.5) is 15.3 Å². The fourth-order valence-electron chi connectivity index (χ4n) is 3.01. The molecule has 2 heterocycles. The maximum absolute atomic E-state index is 12.2. The van der Waals surface area contributed by atoms with Gasteiger partial charge in [-0.2, -0.15) is 0 Å². The van der Waals surface area contributed by atoms with Crippen LogP contribution in [0.1, 0.15) is 33.6 Å². The summed E-state index contributed by atoms with van der Waals surface area (Å²) in [6.07, 6.45) is 3.00. The molecule has 0 spiro atoms. The molecule has 0 bridgehead atoms. The summed E-state index contributed by atoms with van der Waals surface area (Å²) in [4.78, 5) is 29.1. The number of aromatic amines is 1. The Balaban J connectivity index is 1.46. The fraction of sp³-hybridized carbons (Fsp3) is 0.474. The number of ether oxygens (including phenoxy) is 1. The topological polar surface area (TPSA) is 86.5 Å². The van der Waals surface area contributed by atoms with Gasteiger partial charge >= 0.3 is 12.1 Å². The summed E-state index contributed by atoms with van der Waals surface area (Å²) in [7, 11) is 0. The zero-order chi connectivity index (χ0) is 18.7. The molecular formula is C19H26N4O3. The molecule has 2 aromatic rings. The molecule has 1 fully saturated rings. The number of rotatable bonds is 2. The minimum atomic E-state index is -0.494. The van der Waals surface area contributed by atoms with E-state index in [1.54, 1.807) is 4.90 Å². The molecular weight excluding hydrogens is 332 g/mol. The van der Waals surface area contributed by atoms with E-state index in [9.17, 15) is 9.59 Å². The average Bonchev–Trinajstić information content (AvgIpc) is 3.01. The van der Waals surface area contributed by atoms with Crippen LogP contribution in [0.25, 0.3) is 10.9 Å². The molecule has 7 nitrogen and oxygen atoms in total. The van der Waals surface area contributed by atoms with Gasteiger partial charge in [0.05, 0.1) is 0 Å². The third-order valence-corrected chi connectivity index (χ3v) is 4.29. The van der Waals surface area contributed by atoms with Crippen LogP contribution in [0.3, 0.4) is 0 Å². The van der Waals surface area contributed by atoms with E-state index in [2.05, 4.69) is 15.6 Å². The van der Waals surface area contributed by atoms with Crippen molar-refractivity contribution in [3.63, 3.8) is 0 Å². The molecule has 0 unspecified atom stereocenters. The predicted octanol–water partition coefficient (Wildman–Crippen LogP) is 3.69. The van der Waals surface area contributed by atoms with Gasteiger partial charge in [-0.15, -0.1) is 0 Å². The molecule has 0 saturated carbocycles. The van der Waals surface area contributed by atoms with Gasteiger partial charge in [0.1, 0.15) is 5.60 Å². The summed E-state index contributed by atoms with van der Waals surface area (Å²) in [6.45, 7) is 6.72. The standard InChI is InChI=1S/C19H26N4O3/c1-19(2,3)26-18(25)23-10-7-14(8-11-23)21-17(24)22-15-5-4-13-6-9-20-16(13)12-15/h4-6,9,12,14,20H,7-8,10-11H2,1-3H3,(H2,21,22,24). The van der Waals surface area contributed by atoms with Gasteiger partial charge in [-0.3, -0.25) is 0 Å². The molecule has 3 N–H and O–H groups in total. The molecule has 7 heteroatoms. The van der Waals surface area contributed by atoms with Gasteiger partial charge in [-0.25, -0.2) is 9.59 Å². The molecule has 1 aliphatic heterocycles. The normalized spacial score (nSPS) is 15.7. The van der Waals surface area contributed by atoms with E-state index in [0.29, 0.717) is 25.9 Å². The zero-order valence-electron chi connectivity index (χ0n) is 15.5. The van der Waals surface area contributed by atoms with Crippen LogP contribution in [0.5, 0.6) is 0 Å². The third kappa shape index (κ3) is 4.68. The molecule has 0 aliphatic carbocycles. The lowest BCUT2D eigenvalue weighted by Crippen LogP contribution is -2.48. The molecule has 3 rings (SSSR count). The number of carbonyl (C=O) groups excluding carboxylic acids is 2. The summed E-state index contributed by atoms with van der Waals surface area (Å²) in [6, 6.07) is 7.54. The van der Waals surface area contributed by atoms with Crippen molar-refractivity contribution < 1.29 is 14.3 Å². The maximum Gasteiger partial charge on any atom is 0.410 e. The number of piperidine rings is 1. The van der Waals surface area contributed by atoms with Crippen LogP contribution in [-0.4, -0.2) is 46.7 Å². The number of aromatic nitrogens is 1. The monoisotopic (exact) mass is 358 g/mol. The number of anilines is 1. The minimum absolute atomic E-state index is 0.0444. The van der Waals surface area contributed by atoms with Gasteiger partial charge in [0.15, 0.2) is 0 Å². The first kappa shape index (κ1) is 18.1. The Morgan fingerprint density at radius 3 is 2.62 bits per heavy atom. The smallest absolute Gasteiger partial charge is 0.410 e. The van der Waals surface area contributed by atoms with E-state index < -0.39 is 5.60 Å². The highest BCUT2D eigenvalue weighted by Gasteiger charge is 2.27. The van der Waals surface area contributed by atoms with Gasteiger partial charge in [0, 0.05) is 36.5 Å². The molecule has 3 amide bonds. The Morgan fingerprint density at radius 1 is 1.19 bits per heavy atom. The predicted molar refractivity (Wildman–Crippen MR) is 101 cm³/mol. The van der Waals surface area contributed by atoms with E-state index >= 15 is 0 Å². The van der Waals surface area contributed by atoms with Gasteiger partial charge in [-0.05, 0) is 57.2 Å². The Morgan fingerprint density at radius 2 is 1.92 bits per heavy atom. The van der Waals surface area contributed by atoms with Gasteiger partial charge in [-0.1, -0.05) is 6.07 Å². The summed E-state index contributed by atoms with van der Waals surface area (Å²) < 4.78 is 5.39. The first-order chi connectivity index (χ1) is 12.3. The molecule has 1 saturated heterocycles. The number of urea groups is 1. The molecule has 140 valence electrons. The molecule has 1 aromatic carbocycles. The zero-order valence-corrected chi connectivity index (χ0v) is 15.5. The second kappa shape index (κ2) is 7.27.